The van der Waals surface area contributed by atoms with Crippen LogP contribution in [-0.2, 0) is 4.79 Å². The van der Waals surface area contributed by atoms with E-state index in [9.17, 15) is 9.18 Å². The molecule has 1 rings (SSSR count). The van der Waals surface area contributed by atoms with Crippen molar-refractivity contribution < 1.29 is 14.3 Å². The Morgan fingerprint density at radius 1 is 1.40 bits per heavy atom. The SMILES string of the molecule is CC(C)(C(=O)O)C(N)c1ccc(F)cc1. The minimum absolute atomic E-state index is 0.362. The maximum atomic E-state index is 12.6. The van der Waals surface area contributed by atoms with Crippen molar-refractivity contribution in [2.45, 2.75) is 19.9 Å². The van der Waals surface area contributed by atoms with Gasteiger partial charge in [-0.25, -0.2) is 4.39 Å². The highest BCUT2D eigenvalue weighted by atomic mass is 19.1. The molecule has 0 bridgehead atoms. The zero-order chi connectivity index (χ0) is 11.6. The van der Waals surface area contributed by atoms with Crippen LogP contribution >= 0.6 is 0 Å². The summed E-state index contributed by atoms with van der Waals surface area (Å²) in [6.07, 6.45) is 0. The zero-order valence-corrected chi connectivity index (χ0v) is 8.70. The molecule has 15 heavy (non-hydrogen) atoms. The highest BCUT2D eigenvalue weighted by molar-refractivity contribution is 5.75. The van der Waals surface area contributed by atoms with Gasteiger partial charge in [0.1, 0.15) is 5.82 Å². The Bertz CT molecular complexity index is 359. The van der Waals surface area contributed by atoms with Gasteiger partial charge in [-0.05, 0) is 31.5 Å². The normalized spacial score (nSPS) is 13.6. The largest absolute Gasteiger partial charge is 0.481 e. The molecule has 0 aliphatic rings. The number of benzene rings is 1. The Kier molecular flexibility index (Phi) is 3.09. The first-order valence-corrected chi connectivity index (χ1v) is 4.60. The molecule has 4 heteroatoms. The summed E-state index contributed by atoms with van der Waals surface area (Å²) in [5, 5.41) is 8.97. The molecule has 82 valence electrons. The Labute approximate surface area is 87.7 Å². The first kappa shape index (κ1) is 11.7. The molecule has 0 saturated carbocycles. The van der Waals surface area contributed by atoms with Crippen LogP contribution in [0, 0.1) is 11.2 Å². The summed E-state index contributed by atoms with van der Waals surface area (Å²) in [4.78, 5) is 10.9. The van der Waals surface area contributed by atoms with Gasteiger partial charge in [0.25, 0.3) is 0 Å². The van der Waals surface area contributed by atoms with Crippen LogP contribution in [0.25, 0.3) is 0 Å². The number of halogens is 1. The fraction of sp³-hybridized carbons (Fsp3) is 0.364. The van der Waals surface area contributed by atoms with Gasteiger partial charge in [0, 0.05) is 6.04 Å². The quantitative estimate of drug-likeness (QED) is 0.803. The van der Waals surface area contributed by atoms with Gasteiger partial charge in [-0.2, -0.15) is 0 Å². The molecule has 3 N–H and O–H groups in total. The van der Waals surface area contributed by atoms with Gasteiger partial charge >= 0.3 is 5.97 Å². The molecule has 0 aromatic heterocycles. The average Bonchev–Trinajstić information content (AvgIpc) is 2.17. The third kappa shape index (κ3) is 2.33. The molecule has 1 atom stereocenters. The molecule has 0 aliphatic heterocycles. The summed E-state index contributed by atoms with van der Waals surface area (Å²) in [6.45, 7) is 3.09. The van der Waals surface area contributed by atoms with E-state index in [0.29, 0.717) is 5.56 Å². The molecule has 0 aliphatic carbocycles. The van der Waals surface area contributed by atoms with Crippen molar-refractivity contribution in [3.8, 4) is 0 Å². The van der Waals surface area contributed by atoms with E-state index in [4.69, 9.17) is 10.8 Å². The van der Waals surface area contributed by atoms with Gasteiger partial charge in [-0.1, -0.05) is 12.1 Å². The van der Waals surface area contributed by atoms with Gasteiger partial charge in [0.2, 0.25) is 0 Å². The van der Waals surface area contributed by atoms with Gasteiger partial charge < -0.3 is 10.8 Å². The van der Waals surface area contributed by atoms with E-state index in [1.807, 2.05) is 0 Å². The number of aliphatic carboxylic acids is 1. The van der Waals surface area contributed by atoms with Crippen molar-refractivity contribution in [2.75, 3.05) is 0 Å². The molecule has 1 aromatic rings. The predicted molar refractivity (Wildman–Crippen MR) is 54.7 cm³/mol. The fourth-order valence-electron chi connectivity index (χ4n) is 1.22. The van der Waals surface area contributed by atoms with Crippen molar-refractivity contribution >= 4 is 5.97 Å². The number of carboxylic acids is 1. The Balaban J connectivity index is 2.99. The Hall–Kier alpha value is -1.42. The monoisotopic (exact) mass is 211 g/mol. The van der Waals surface area contributed by atoms with E-state index in [0.717, 1.165) is 0 Å². The maximum absolute atomic E-state index is 12.6. The molecule has 0 fully saturated rings. The van der Waals surface area contributed by atoms with Crippen LogP contribution in [0.15, 0.2) is 24.3 Å². The van der Waals surface area contributed by atoms with Crippen LogP contribution < -0.4 is 5.73 Å². The third-order valence-corrected chi connectivity index (χ3v) is 2.56. The molecule has 0 amide bonds. The minimum Gasteiger partial charge on any atom is -0.481 e. The van der Waals surface area contributed by atoms with Crippen LogP contribution in [0.4, 0.5) is 4.39 Å². The molecule has 0 heterocycles. The van der Waals surface area contributed by atoms with Crippen molar-refractivity contribution in [1.29, 1.82) is 0 Å². The van der Waals surface area contributed by atoms with E-state index in [1.54, 1.807) is 13.8 Å². The molecular weight excluding hydrogens is 197 g/mol. The highest BCUT2D eigenvalue weighted by Crippen LogP contribution is 2.31. The predicted octanol–water partition coefficient (Wildman–Crippen LogP) is 1.94. The second-order valence-electron chi connectivity index (χ2n) is 4.06. The number of hydrogen-bond donors (Lipinski definition) is 2. The minimum atomic E-state index is -1.07. The van der Waals surface area contributed by atoms with Crippen LogP contribution in [0.1, 0.15) is 25.5 Å². The number of carboxylic acid groups (broad SMARTS) is 1. The zero-order valence-electron chi connectivity index (χ0n) is 8.70. The fourth-order valence-corrected chi connectivity index (χ4v) is 1.22. The van der Waals surface area contributed by atoms with Crippen molar-refractivity contribution in [2.24, 2.45) is 11.1 Å². The smallest absolute Gasteiger partial charge is 0.311 e. The van der Waals surface area contributed by atoms with Crippen LogP contribution in [0.5, 0.6) is 0 Å². The molecule has 0 saturated heterocycles. The van der Waals surface area contributed by atoms with E-state index < -0.39 is 17.4 Å². The van der Waals surface area contributed by atoms with Crippen molar-refractivity contribution in [1.82, 2.24) is 0 Å². The summed E-state index contributed by atoms with van der Waals surface area (Å²) >= 11 is 0. The summed E-state index contributed by atoms with van der Waals surface area (Å²) in [5.74, 6) is -1.33. The molecular formula is C11H14FNO2. The maximum Gasteiger partial charge on any atom is 0.311 e. The topological polar surface area (TPSA) is 63.3 Å². The van der Waals surface area contributed by atoms with Crippen LogP contribution in [0.2, 0.25) is 0 Å². The van der Waals surface area contributed by atoms with Crippen molar-refractivity contribution in [3.63, 3.8) is 0 Å². The van der Waals surface area contributed by atoms with E-state index in [1.165, 1.54) is 24.3 Å². The standard InChI is InChI=1S/C11H14FNO2/c1-11(2,10(14)15)9(13)7-3-5-8(12)6-4-7/h3-6,9H,13H2,1-2H3,(H,14,15). The van der Waals surface area contributed by atoms with E-state index in [2.05, 4.69) is 0 Å². The van der Waals surface area contributed by atoms with Crippen LogP contribution in [0.3, 0.4) is 0 Å². The third-order valence-electron chi connectivity index (χ3n) is 2.56. The number of hydrogen-bond acceptors (Lipinski definition) is 2. The first-order chi connectivity index (χ1) is 6.85. The van der Waals surface area contributed by atoms with E-state index >= 15 is 0 Å². The summed E-state index contributed by atoms with van der Waals surface area (Å²) in [7, 11) is 0. The number of nitrogens with two attached hydrogens (primary N) is 1. The van der Waals surface area contributed by atoms with Gasteiger partial charge in [-0.15, -0.1) is 0 Å². The second-order valence-corrected chi connectivity index (χ2v) is 4.06. The lowest BCUT2D eigenvalue weighted by atomic mass is 9.81. The molecule has 1 unspecified atom stereocenters. The molecule has 1 aromatic carbocycles. The van der Waals surface area contributed by atoms with Crippen LogP contribution in [-0.4, -0.2) is 11.1 Å². The summed E-state index contributed by atoms with van der Waals surface area (Å²) in [5.41, 5.74) is 5.36. The second kappa shape index (κ2) is 3.98. The summed E-state index contributed by atoms with van der Waals surface area (Å²) in [6, 6.07) is 4.89. The lowest BCUT2D eigenvalue weighted by Crippen LogP contribution is -2.36. The Morgan fingerprint density at radius 3 is 2.27 bits per heavy atom. The Morgan fingerprint density at radius 2 is 1.87 bits per heavy atom. The summed E-state index contributed by atoms with van der Waals surface area (Å²) < 4.78 is 12.6. The first-order valence-electron chi connectivity index (χ1n) is 4.60. The van der Waals surface area contributed by atoms with Crippen molar-refractivity contribution in [3.05, 3.63) is 35.6 Å². The van der Waals surface area contributed by atoms with E-state index in [-0.39, 0.29) is 5.82 Å². The lowest BCUT2D eigenvalue weighted by Gasteiger charge is -2.27. The molecule has 0 radical (unpaired) electrons. The van der Waals surface area contributed by atoms with Gasteiger partial charge in [0.05, 0.1) is 5.41 Å². The van der Waals surface area contributed by atoms with Gasteiger partial charge in [-0.3, -0.25) is 4.79 Å². The van der Waals surface area contributed by atoms with Gasteiger partial charge in [0.15, 0.2) is 0 Å². The highest BCUT2D eigenvalue weighted by Gasteiger charge is 2.35. The lowest BCUT2D eigenvalue weighted by molar-refractivity contribution is -0.148. The average molecular weight is 211 g/mol. The molecule has 3 nitrogen and oxygen atoms in total. The number of carbonyl (C=O) groups is 1. The molecule has 0 spiro atoms. The number of rotatable bonds is 3.